The van der Waals surface area contributed by atoms with Gasteiger partial charge in [0.15, 0.2) is 0 Å². The number of alkyl halides is 1. The van der Waals surface area contributed by atoms with Gasteiger partial charge < -0.3 is 4.74 Å². The Hall–Kier alpha value is -1.28. The van der Waals surface area contributed by atoms with Crippen molar-refractivity contribution < 1.29 is 4.74 Å². The molecule has 0 amide bonds. The summed E-state index contributed by atoms with van der Waals surface area (Å²) in [7, 11) is 0. The standard InChI is InChI=1S/C18H21BrO/c1-15-7-5-8-16(13-15)17(14-19)9-6-12-20-18-10-3-2-4-11-18/h2-5,7-8,10-11,13,17H,6,9,12,14H2,1H3. The van der Waals surface area contributed by atoms with Crippen LogP contribution in [0, 0.1) is 6.92 Å². The molecule has 0 aliphatic rings. The molecular weight excluding hydrogens is 312 g/mol. The van der Waals surface area contributed by atoms with Gasteiger partial charge in [0.25, 0.3) is 0 Å². The van der Waals surface area contributed by atoms with Crippen LogP contribution in [0.25, 0.3) is 0 Å². The van der Waals surface area contributed by atoms with Gasteiger partial charge in [-0.3, -0.25) is 0 Å². The molecule has 2 aromatic rings. The quantitative estimate of drug-likeness (QED) is 0.491. The number of halogens is 1. The highest BCUT2D eigenvalue weighted by molar-refractivity contribution is 9.09. The molecular formula is C18H21BrO. The Labute approximate surface area is 130 Å². The Kier molecular flexibility index (Phi) is 6.13. The average molecular weight is 333 g/mol. The van der Waals surface area contributed by atoms with Crippen LogP contribution in [0.3, 0.4) is 0 Å². The summed E-state index contributed by atoms with van der Waals surface area (Å²) < 4.78 is 5.75. The smallest absolute Gasteiger partial charge is 0.119 e. The highest BCUT2D eigenvalue weighted by Crippen LogP contribution is 2.24. The lowest BCUT2D eigenvalue weighted by molar-refractivity contribution is 0.303. The molecule has 20 heavy (non-hydrogen) atoms. The first kappa shape index (κ1) is 15.1. The molecule has 0 heterocycles. The first-order valence-corrected chi connectivity index (χ1v) is 8.22. The molecule has 106 valence electrons. The highest BCUT2D eigenvalue weighted by atomic mass is 79.9. The second-order valence-electron chi connectivity index (χ2n) is 5.07. The topological polar surface area (TPSA) is 9.23 Å². The zero-order valence-corrected chi connectivity index (χ0v) is 13.5. The number of hydrogen-bond donors (Lipinski definition) is 0. The summed E-state index contributed by atoms with van der Waals surface area (Å²) in [6, 6.07) is 18.8. The molecule has 0 saturated carbocycles. The highest BCUT2D eigenvalue weighted by Gasteiger charge is 2.10. The largest absolute Gasteiger partial charge is 0.494 e. The van der Waals surface area contributed by atoms with Crippen LogP contribution in [0.2, 0.25) is 0 Å². The molecule has 1 atom stereocenters. The van der Waals surface area contributed by atoms with Crippen molar-refractivity contribution >= 4 is 15.9 Å². The molecule has 2 aromatic carbocycles. The van der Waals surface area contributed by atoms with Gasteiger partial charge in [0.1, 0.15) is 5.75 Å². The van der Waals surface area contributed by atoms with Gasteiger partial charge in [0.2, 0.25) is 0 Å². The maximum atomic E-state index is 5.75. The third-order valence-corrected chi connectivity index (χ3v) is 4.19. The Morgan fingerprint density at radius 1 is 1.05 bits per heavy atom. The monoisotopic (exact) mass is 332 g/mol. The Bertz CT molecular complexity index is 510. The summed E-state index contributed by atoms with van der Waals surface area (Å²) in [5.74, 6) is 1.52. The van der Waals surface area contributed by atoms with Crippen LogP contribution in [0.1, 0.15) is 29.9 Å². The summed E-state index contributed by atoms with van der Waals surface area (Å²) in [5.41, 5.74) is 2.75. The second-order valence-corrected chi connectivity index (χ2v) is 5.72. The van der Waals surface area contributed by atoms with E-state index in [4.69, 9.17) is 4.74 Å². The van der Waals surface area contributed by atoms with Crippen LogP contribution >= 0.6 is 15.9 Å². The van der Waals surface area contributed by atoms with Crippen molar-refractivity contribution in [3.63, 3.8) is 0 Å². The van der Waals surface area contributed by atoms with E-state index in [0.29, 0.717) is 5.92 Å². The van der Waals surface area contributed by atoms with Gasteiger partial charge >= 0.3 is 0 Å². The molecule has 0 radical (unpaired) electrons. The van der Waals surface area contributed by atoms with Crippen molar-refractivity contribution in [3.05, 3.63) is 65.7 Å². The number of ether oxygens (including phenoxy) is 1. The van der Waals surface area contributed by atoms with Gasteiger partial charge in [-0.15, -0.1) is 0 Å². The lowest BCUT2D eigenvalue weighted by atomic mass is 9.95. The van der Waals surface area contributed by atoms with Crippen LogP contribution in [0.4, 0.5) is 0 Å². The molecule has 0 aromatic heterocycles. The van der Waals surface area contributed by atoms with Crippen LogP contribution < -0.4 is 4.74 Å². The first-order chi connectivity index (χ1) is 9.79. The fourth-order valence-electron chi connectivity index (χ4n) is 2.29. The minimum Gasteiger partial charge on any atom is -0.494 e. The van der Waals surface area contributed by atoms with Crippen LogP contribution in [-0.2, 0) is 0 Å². The molecule has 0 spiro atoms. The SMILES string of the molecule is Cc1cccc(C(CBr)CCCOc2ccccc2)c1. The van der Waals surface area contributed by atoms with Gasteiger partial charge in [-0.05, 0) is 43.4 Å². The Morgan fingerprint density at radius 3 is 2.55 bits per heavy atom. The fourth-order valence-corrected chi connectivity index (χ4v) is 2.99. The fraction of sp³-hybridized carbons (Fsp3) is 0.333. The number of benzene rings is 2. The minimum absolute atomic E-state index is 0.564. The molecule has 0 bridgehead atoms. The Morgan fingerprint density at radius 2 is 1.85 bits per heavy atom. The van der Waals surface area contributed by atoms with Gasteiger partial charge in [0.05, 0.1) is 6.61 Å². The van der Waals surface area contributed by atoms with Crippen molar-refractivity contribution in [3.8, 4) is 5.75 Å². The maximum absolute atomic E-state index is 5.75. The predicted octanol–water partition coefficient (Wildman–Crippen LogP) is 5.33. The van der Waals surface area contributed by atoms with E-state index in [1.807, 2.05) is 30.3 Å². The van der Waals surface area contributed by atoms with Gasteiger partial charge in [-0.2, -0.15) is 0 Å². The average Bonchev–Trinajstić information content (AvgIpc) is 2.48. The van der Waals surface area contributed by atoms with E-state index in [1.54, 1.807) is 0 Å². The Balaban J connectivity index is 1.80. The normalized spacial score (nSPS) is 12.1. The third kappa shape index (κ3) is 4.68. The van der Waals surface area contributed by atoms with E-state index >= 15 is 0 Å². The van der Waals surface area contributed by atoms with Crippen molar-refractivity contribution in [2.45, 2.75) is 25.7 Å². The maximum Gasteiger partial charge on any atom is 0.119 e. The van der Waals surface area contributed by atoms with Gasteiger partial charge in [0, 0.05) is 5.33 Å². The lowest BCUT2D eigenvalue weighted by Gasteiger charge is -2.15. The number of hydrogen-bond acceptors (Lipinski definition) is 1. The molecule has 0 aliphatic carbocycles. The number of aryl methyl sites for hydroxylation is 1. The lowest BCUT2D eigenvalue weighted by Crippen LogP contribution is -2.04. The van der Waals surface area contributed by atoms with Gasteiger partial charge in [-0.25, -0.2) is 0 Å². The molecule has 2 rings (SSSR count). The van der Waals surface area contributed by atoms with Crippen LogP contribution in [0.5, 0.6) is 5.75 Å². The molecule has 0 aliphatic heterocycles. The summed E-state index contributed by atoms with van der Waals surface area (Å²) in [5, 5.41) is 1.00. The zero-order chi connectivity index (χ0) is 14.2. The first-order valence-electron chi connectivity index (χ1n) is 7.10. The minimum atomic E-state index is 0.564. The third-order valence-electron chi connectivity index (χ3n) is 3.41. The van der Waals surface area contributed by atoms with Crippen molar-refractivity contribution in [2.24, 2.45) is 0 Å². The van der Waals surface area contributed by atoms with Crippen LogP contribution in [-0.4, -0.2) is 11.9 Å². The van der Waals surface area contributed by atoms with Crippen molar-refractivity contribution in [1.82, 2.24) is 0 Å². The summed E-state index contributed by atoms with van der Waals surface area (Å²) in [6.45, 7) is 2.92. The van der Waals surface area contributed by atoms with Crippen molar-refractivity contribution in [2.75, 3.05) is 11.9 Å². The zero-order valence-electron chi connectivity index (χ0n) is 11.9. The molecule has 2 heteroatoms. The van der Waals surface area contributed by atoms with Gasteiger partial charge in [-0.1, -0.05) is 64.0 Å². The summed E-state index contributed by atoms with van der Waals surface area (Å²) >= 11 is 3.63. The van der Waals surface area contributed by atoms with E-state index in [9.17, 15) is 0 Å². The number of rotatable bonds is 7. The molecule has 0 N–H and O–H groups in total. The number of para-hydroxylation sites is 1. The second kappa shape index (κ2) is 8.11. The molecule has 0 fully saturated rings. The van der Waals surface area contributed by atoms with Crippen molar-refractivity contribution in [1.29, 1.82) is 0 Å². The van der Waals surface area contributed by atoms with E-state index in [-0.39, 0.29) is 0 Å². The summed E-state index contributed by atoms with van der Waals surface area (Å²) in [6.07, 6.45) is 2.21. The summed E-state index contributed by atoms with van der Waals surface area (Å²) in [4.78, 5) is 0. The van der Waals surface area contributed by atoms with E-state index < -0.39 is 0 Å². The van der Waals surface area contributed by atoms with E-state index in [0.717, 1.165) is 30.5 Å². The molecule has 1 nitrogen and oxygen atoms in total. The van der Waals surface area contributed by atoms with E-state index in [2.05, 4.69) is 47.1 Å². The van der Waals surface area contributed by atoms with Crippen LogP contribution in [0.15, 0.2) is 54.6 Å². The van der Waals surface area contributed by atoms with E-state index in [1.165, 1.54) is 11.1 Å². The molecule has 0 saturated heterocycles. The predicted molar refractivity (Wildman–Crippen MR) is 88.9 cm³/mol. The molecule has 1 unspecified atom stereocenters.